The van der Waals surface area contributed by atoms with E-state index in [1.165, 1.54) is 19.1 Å². The van der Waals surface area contributed by atoms with Crippen LogP contribution in [0, 0.1) is 17.1 Å². The van der Waals surface area contributed by atoms with E-state index in [2.05, 4.69) is 15.9 Å². The third-order valence-electron chi connectivity index (χ3n) is 2.89. The molecule has 0 spiro atoms. The molecule has 21 heavy (non-hydrogen) atoms. The molecule has 0 amide bonds. The SMILES string of the molecule is CC(=O)c1cc(Br)ccc1OCc1ccc(C#N)cc1F. The predicted octanol–water partition coefficient (Wildman–Crippen LogP) is 4.24. The van der Waals surface area contributed by atoms with Crippen LogP contribution in [0.3, 0.4) is 0 Å². The van der Waals surface area contributed by atoms with Gasteiger partial charge < -0.3 is 4.74 Å². The van der Waals surface area contributed by atoms with Crippen LogP contribution in [0.25, 0.3) is 0 Å². The lowest BCUT2D eigenvalue weighted by Crippen LogP contribution is -2.03. The molecule has 0 saturated carbocycles. The quantitative estimate of drug-likeness (QED) is 0.777. The predicted molar refractivity (Wildman–Crippen MR) is 79.6 cm³/mol. The fraction of sp³-hybridized carbons (Fsp3) is 0.125. The Balaban J connectivity index is 2.21. The van der Waals surface area contributed by atoms with E-state index in [4.69, 9.17) is 10.00 Å². The average Bonchev–Trinajstić information content (AvgIpc) is 2.46. The van der Waals surface area contributed by atoms with Crippen molar-refractivity contribution in [1.29, 1.82) is 5.26 Å². The second kappa shape index (κ2) is 6.51. The van der Waals surface area contributed by atoms with Gasteiger partial charge in [-0.2, -0.15) is 5.26 Å². The molecule has 5 heteroatoms. The van der Waals surface area contributed by atoms with Crippen molar-refractivity contribution in [3.05, 3.63) is 63.4 Å². The molecule has 0 radical (unpaired) electrons. The van der Waals surface area contributed by atoms with Gasteiger partial charge in [0.2, 0.25) is 0 Å². The van der Waals surface area contributed by atoms with Crippen molar-refractivity contribution in [3.8, 4) is 11.8 Å². The molecule has 0 N–H and O–H groups in total. The molecule has 0 unspecified atom stereocenters. The van der Waals surface area contributed by atoms with Crippen molar-refractivity contribution in [3.63, 3.8) is 0 Å². The molecule has 2 aromatic rings. The topological polar surface area (TPSA) is 50.1 Å². The number of hydrogen-bond acceptors (Lipinski definition) is 3. The van der Waals surface area contributed by atoms with Gasteiger partial charge in [0.15, 0.2) is 5.78 Å². The Kier molecular flexibility index (Phi) is 4.71. The molecule has 0 fully saturated rings. The van der Waals surface area contributed by atoms with E-state index in [0.29, 0.717) is 16.9 Å². The minimum Gasteiger partial charge on any atom is -0.488 e. The molecule has 0 aliphatic heterocycles. The number of benzene rings is 2. The summed E-state index contributed by atoms with van der Waals surface area (Å²) in [6.07, 6.45) is 0. The van der Waals surface area contributed by atoms with Crippen molar-refractivity contribution in [2.75, 3.05) is 0 Å². The van der Waals surface area contributed by atoms with Crippen molar-refractivity contribution in [2.45, 2.75) is 13.5 Å². The molecule has 2 rings (SSSR count). The van der Waals surface area contributed by atoms with Crippen LogP contribution in [-0.4, -0.2) is 5.78 Å². The minimum absolute atomic E-state index is 0.0144. The second-order valence-electron chi connectivity index (χ2n) is 4.40. The Morgan fingerprint density at radius 2 is 2.10 bits per heavy atom. The van der Waals surface area contributed by atoms with E-state index in [9.17, 15) is 9.18 Å². The number of nitrogens with zero attached hydrogens (tertiary/aromatic N) is 1. The van der Waals surface area contributed by atoms with Gasteiger partial charge in [-0.15, -0.1) is 0 Å². The Bertz CT molecular complexity index is 738. The maximum Gasteiger partial charge on any atom is 0.163 e. The first-order valence-corrected chi connectivity index (χ1v) is 6.92. The van der Waals surface area contributed by atoms with Gasteiger partial charge in [-0.1, -0.05) is 22.0 Å². The highest BCUT2D eigenvalue weighted by atomic mass is 79.9. The molecule has 0 aromatic heterocycles. The Morgan fingerprint density at radius 1 is 1.33 bits per heavy atom. The first kappa shape index (κ1) is 15.2. The third-order valence-corrected chi connectivity index (χ3v) is 3.38. The number of carbonyl (C=O) groups is 1. The summed E-state index contributed by atoms with van der Waals surface area (Å²) in [4.78, 5) is 11.6. The monoisotopic (exact) mass is 347 g/mol. The van der Waals surface area contributed by atoms with Crippen LogP contribution in [0.5, 0.6) is 5.75 Å². The molecule has 0 heterocycles. The Labute approximate surface area is 130 Å². The highest BCUT2D eigenvalue weighted by molar-refractivity contribution is 9.10. The van der Waals surface area contributed by atoms with Gasteiger partial charge in [-0.05, 0) is 37.3 Å². The number of ketones is 1. The molecule has 2 aromatic carbocycles. The average molecular weight is 348 g/mol. The van der Waals surface area contributed by atoms with Gasteiger partial charge in [0.25, 0.3) is 0 Å². The molecule has 0 bridgehead atoms. The number of halogens is 2. The van der Waals surface area contributed by atoms with Gasteiger partial charge >= 0.3 is 0 Å². The minimum atomic E-state index is -0.504. The zero-order chi connectivity index (χ0) is 15.4. The standard InChI is InChI=1S/C16H11BrFNO2/c1-10(20)14-7-13(17)4-5-16(14)21-9-12-3-2-11(8-19)6-15(12)18/h2-7H,9H2,1H3. The lowest BCUT2D eigenvalue weighted by atomic mass is 10.1. The third kappa shape index (κ3) is 3.67. The molecule has 106 valence electrons. The summed E-state index contributed by atoms with van der Waals surface area (Å²) in [6.45, 7) is 1.43. The maximum atomic E-state index is 13.8. The first-order valence-electron chi connectivity index (χ1n) is 6.13. The summed E-state index contributed by atoms with van der Waals surface area (Å²) in [5.41, 5.74) is 1.01. The van der Waals surface area contributed by atoms with Gasteiger partial charge in [-0.25, -0.2) is 4.39 Å². The molecule has 0 atom stereocenters. The summed E-state index contributed by atoms with van der Waals surface area (Å²) in [5, 5.41) is 8.69. The zero-order valence-corrected chi connectivity index (χ0v) is 12.8. The highest BCUT2D eigenvalue weighted by Crippen LogP contribution is 2.25. The molecular formula is C16H11BrFNO2. The lowest BCUT2D eigenvalue weighted by Gasteiger charge is -2.11. The maximum absolute atomic E-state index is 13.8. The van der Waals surface area contributed by atoms with Crippen LogP contribution in [0.15, 0.2) is 40.9 Å². The molecule has 0 saturated heterocycles. The number of rotatable bonds is 4. The van der Waals surface area contributed by atoms with E-state index >= 15 is 0 Å². The van der Waals surface area contributed by atoms with Crippen LogP contribution >= 0.6 is 15.9 Å². The molecule has 0 aliphatic carbocycles. The van der Waals surface area contributed by atoms with Crippen LogP contribution in [0.1, 0.15) is 28.4 Å². The van der Waals surface area contributed by atoms with Gasteiger partial charge in [0.05, 0.1) is 17.2 Å². The van der Waals surface area contributed by atoms with E-state index in [1.807, 2.05) is 6.07 Å². The van der Waals surface area contributed by atoms with Gasteiger partial charge in [-0.3, -0.25) is 4.79 Å². The number of carbonyl (C=O) groups excluding carboxylic acids is 1. The van der Waals surface area contributed by atoms with Crippen molar-refractivity contribution >= 4 is 21.7 Å². The number of Topliss-reactive ketones (excluding diaryl/α,β-unsaturated/α-hetero) is 1. The Morgan fingerprint density at radius 3 is 2.71 bits per heavy atom. The van der Waals surface area contributed by atoms with E-state index in [1.54, 1.807) is 18.2 Å². The summed E-state index contributed by atoms with van der Waals surface area (Å²) in [6, 6.07) is 11.1. The smallest absolute Gasteiger partial charge is 0.163 e. The summed E-state index contributed by atoms with van der Waals surface area (Å²) >= 11 is 3.29. The molecule has 3 nitrogen and oxygen atoms in total. The number of hydrogen-bond donors (Lipinski definition) is 0. The fourth-order valence-corrected chi connectivity index (χ4v) is 2.15. The van der Waals surface area contributed by atoms with Crippen LogP contribution < -0.4 is 4.74 Å². The van der Waals surface area contributed by atoms with E-state index < -0.39 is 5.82 Å². The normalized spacial score (nSPS) is 10.0. The van der Waals surface area contributed by atoms with Crippen molar-refractivity contribution in [2.24, 2.45) is 0 Å². The highest BCUT2D eigenvalue weighted by Gasteiger charge is 2.11. The number of nitriles is 1. The fourth-order valence-electron chi connectivity index (χ4n) is 1.79. The largest absolute Gasteiger partial charge is 0.488 e. The van der Waals surface area contributed by atoms with Crippen LogP contribution in [0.4, 0.5) is 4.39 Å². The van der Waals surface area contributed by atoms with Crippen molar-refractivity contribution < 1.29 is 13.9 Å². The summed E-state index contributed by atoms with van der Waals surface area (Å²) < 4.78 is 20.1. The second-order valence-corrected chi connectivity index (χ2v) is 5.32. The zero-order valence-electron chi connectivity index (χ0n) is 11.2. The first-order chi connectivity index (χ1) is 10.0. The van der Waals surface area contributed by atoms with E-state index in [0.717, 1.165) is 10.5 Å². The Hall–Kier alpha value is -2.19. The lowest BCUT2D eigenvalue weighted by molar-refractivity contribution is 0.101. The van der Waals surface area contributed by atoms with E-state index in [-0.39, 0.29) is 18.0 Å². The van der Waals surface area contributed by atoms with Crippen LogP contribution in [0.2, 0.25) is 0 Å². The summed E-state index contributed by atoms with van der Waals surface area (Å²) in [7, 11) is 0. The molecular weight excluding hydrogens is 337 g/mol. The van der Waals surface area contributed by atoms with Gasteiger partial charge in [0.1, 0.15) is 18.2 Å². The summed E-state index contributed by atoms with van der Waals surface area (Å²) in [5.74, 6) is -0.239. The molecule has 0 aliphatic rings. The van der Waals surface area contributed by atoms with Crippen LogP contribution in [-0.2, 0) is 6.61 Å². The van der Waals surface area contributed by atoms with Gasteiger partial charge in [0, 0.05) is 10.0 Å². The van der Waals surface area contributed by atoms with Crippen molar-refractivity contribution in [1.82, 2.24) is 0 Å². The number of ether oxygens (including phenoxy) is 1.